The van der Waals surface area contributed by atoms with Crippen molar-refractivity contribution in [1.29, 1.82) is 0 Å². The number of halogens is 1. The number of hydrogen-bond donors (Lipinski definition) is 13. The molecule has 2 aliphatic rings. The molecule has 1 unspecified atom stereocenters. The maximum atomic E-state index is 11.7. The number of fused-ring (bicyclic) bond motifs is 1. The van der Waals surface area contributed by atoms with Crippen LogP contribution in [0.4, 0.5) is 5.69 Å². The van der Waals surface area contributed by atoms with Crippen LogP contribution in [-0.2, 0) is 119 Å². The summed E-state index contributed by atoms with van der Waals surface area (Å²) in [5.41, 5.74) is 14.4. The van der Waals surface area contributed by atoms with Gasteiger partial charge in [-0.2, -0.15) is 50.5 Å². The molecule has 6 rings (SSSR count). The summed E-state index contributed by atoms with van der Waals surface area (Å²) in [6.07, 6.45) is 41.5. The van der Waals surface area contributed by atoms with Gasteiger partial charge in [-0.25, -0.2) is 14.1 Å². The molecule has 0 radical (unpaired) electrons. The van der Waals surface area contributed by atoms with E-state index in [1.165, 1.54) is 127 Å². The molecule has 2 aromatic carbocycles. The van der Waals surface area contributed by atoms with Crippen LogP contribution in [0.2, 0.25) is 0 Å². The molecule has 34 nitrogen and oxygen atoms in total. The number of nitrogens with zero attached hydrogens (tertiary/aromatic N) is 5. The average Bonchev–Trinajstić information content (AvgIpc) is 0.846. The Balaban J connectivity index is 0.000000693. The molecule has 2 aromatic heterocycles. The molecule has 1 fully saturated rings. The number of aryl methyl sites for hydroxylation is 3. The Morgan fingerprint density at radius 3 is 1.63 bits per heavy atom. The number of aliphatic carboxylic acids is 2. The second-order valence-electron chi connectivity index (χ2n) is 28.6. The van der Waals surface area contributed by atoms with Gasteiger partial charge < -0.3 is 46.9 Å². The van der Waals surface area contributed by atoms with E-state index in [4.69, 9.17) is 48.0 Å². The summed E-state index contributed by atoms with van der Waals surface area (Å²) in [5, 5.41) is 25.2. The van der Waals surface area contributed by atoms with Gasteiger partial charge in [0.25, 0.3) is 60.7 Å². The molecule has 3 heterocycles. The van der Waals surface area contributed by atoms with Gasteiger partial charge in [0.15, 0.2) is 0 Å². The highest BCUT2D eigenvalue weighted by Crippen LogP contribution is 2.44. The lowest BCUT2D eigenvalue weighted by atomic mass is 9.68. The van der Waals surface area contributed by atoms with Crippen molar-refractivity contribution in [3.05, 3.63) is 100 Å². The lowest BCUT2D eigenvalue weighted by molar-refractivity contribution is -0.697. The maximum absolute atomic E-state index is 11.7. The fraction of sp³-hybridized carbons (Fsp3) is 0.712. The summed E-state index contributed by atoms with van der Waals surface area (Å²) in [7, 11) is -22.0. The third kappa shape index (κ3) is 61.5. The van der Waals surface area contributed by atoms with E-state index in [9.17, 15) is 64.9 Å². The highest BCUT2D eigenvalue weighted by atomic mass is 127. The predicted molar refractivity (Wildman–Crippen MR) is 446 cm³/mol. The summed E-state index contributed by atoms with van der Waals surface area (Å²) in [5.74, 6) is -3.84. The molecule has 0 saturated heterocycles. The molecule has 658 valence electrons. The molecule has 0 amide bonds. The number of aromatic nitrogens is 4. The Labute approximate surface area is 690 Å². The van der Waals surface area contributed by atoms with Crippen LogP contribution in [0.5, 0.6) is 0 Å². The minimum Gasteiger partial charge on any atom is -0.480 e. The van der Waals surface area contributed by atoms with Crippen LogP contribution in [0, 0.1) is 8.99 Å². The van der Waals surface area contributed by atoms with E-state index in [-0.39, 0.29) is 73.4 Å². The van der Waals surface area contributed by atoms with Crippen LogP contribution >= 0.6 is 22.6 Å². The van der Waals surface area contributed by atoms with Gasteiger partial charge in [0.1, 0.15) is 30.2 Å². The van der Waals surface area contributed by atoms with E-state index in [1.807, 2.05) is 70.5 Å². The quantitative estimate of drug-likeness (QED) is 0.00670. The standard InChI is InChI=1S/C22H44O3S.C13H18INO5S.C12H18N4O3S.C12H18N2O3S.C9H20N2O5S.C5H11NO5S/c1-2-3-4-5-6-7-8-9-10-11-13-17-22(18-14-12-15-19-22)20-16-21-26(23,24)25;1-20-13(16)12(15-7-2-8-21(17,18)19)9-10-3-5-11(14)6-4-10;17-20(18,19)10-2-6-16-9-8-15(12-16)5-1-4-14-7-3-13-11-14;13-12-4-1-3-10-9-14(7-5-11(10)12)6-2-8-18(15,16)17;10-5-2-1-4-8(9(12)13)11-6-3-7-17(14,15)16;7-5(8)4-6-2-1-3-12(9,10)11/h2-21H2,1H3,(H,23,24,25);3-6,12,15H,2,7-9H2,1H3,(H,17,18,19);3,7-9,11-12H,1-2,4-6,10H2;1,3-4H,2,5-9,13H2,(H,15,16,17);8,11H,1-7,10H2,(H,12,13)(H,14,15,16);6H,1-4H2,(H,7,8)(H,9,10,11)/p+2/t;12-;;;;/m.1..../s1. The number of nitrogens with one attached hydrogen (secondary N) is 3. The molecule has 16 N–H and O–H groups in total. The fourth-order valence-electron chi connectivity index (χ4n) is 12.8. The zero-order chi connectivity index (χ0) is 85.5. The highest BCUT2D eigenvalue weighted by molar-refractivity contribution is 14.1. The number of rotatable bonds is 52. The van der Waals surface area contributed by atoms with Gasteiger partial charge in [-0.05, 0) is 174 Å². The van der Waals surface area contributed by atoms with E-state index in [0.717, 1.165) is 66.7 Å². The number of methoxy groups -OCH3 is 1. The fourth-order valence-corrected chi connectivity index (χ4v) is 16.2. The molecule has 0 spiro atoms. The van der Waals surface area contributed by atoms with Crippen LogP contribution in [0.3, 0.4) is 0 Å². The molecule has 0 bridgehead atoms. The monoisotopic (exact) mass is 1850 g/mol. The lowest BCUT2D eigenvalue weighted by Gasteiger charge is -2.38. The first-order valence-corrected chi connectivity index (χ1v) is 49.8. The van der Waals surface area contributed by atoms with Gasteiger partial charge in [-0.3, -0.25) is 46.6 Å². The third-order valence-electron chi connectivity index (χ3n) is 18.7. The Bertz CT molecular complexity index is 3990. The summed E-state index contributed by atoms with van der Waals surface area (Å²) >= 11 is 2.20. The van der Waals surface area contributed by atoms with E-state index in [1.54, 1.807) is 12.5 Å². The highest BCUT2D eigenvalue weighted by Gasteiger charge is 2.31. The van der Waals surface area contributed by atoms with E-state index in [0.29, 0.717) is 70.1 Å². The number of carbonyl (C=O) groups is 3. The van der Waals surface area contributed by atoms with Crippen molar-refractivity contribution in [1.82, 2.24) is 35.0 Å². The van der Waals surface area contributed by atoms with Crippen molar-refractivity contribution in [3.8, 4) is 0 Å². The van der Waals surface area contributed by atoms with Gasteiger partial charge in [0.05, 0.1) is 67.6 Å². The molecular formula is C73H131IN10O24S6+2. The number of carboxylic acid groups (broad SMARTS) is 2. The molecule has 1 aliphatic carbocycles. The summed E-state index contributed by atoms with van der Waals surface area (Å²) in [4.78, 5) is 38.7. The number of carbonyl (C=O) groups excluding carboxylic acids is 1. The molecule has 1 aliphatic heterocycles. The molecule has 41 heteroatoms. The zero-order valence-electron chi connectivity index (χ0n) is 66.4. The number of carboxylic acids is 2. The zero-order valence-corrected chi connectivity index (χ0v) is 73.4. The molecule has 1 saturated carbocycles. The Morgan fingerprint density at radius 2 is 1.11 bits per heavy atom. The average molecular weight is 1850 g/mol. The van der Waals surface area contributed by atoms with Crippen molar-refractivity contribution in [2.75, 3.05) is 87.4 Å². The van der Waals surface area contributed by atoms with E-state index < -0.39 is 90.7 Å². The van der Waals surface area contributed by atoms with Crippen LogP contribution in [0.1, 0.15) is 203 Å². The molecule has 2 atom stereocenters. The summed E-state index contributed by atoms with van der Waals surface area (Å²) in [6.45, 7) is 8.22. The van der Waals surface area contributed by atoms with Gasteiger partial charge >= 0.3 is 17.9 Å². The largest absolute Gasteiger partial charge is 0.480 e. The summed E-state index contributed by atoms with van der Waals surface area (Å²) in [6, 6.07) is 12.6. The Morgan fingerprint density at radius 1 is 0.605 bits per heavy atom. The van der Waals surface area contributed by atoms with Crippen LogP contribution in [-0.4, -0.2) is 224 Å². The van der Waals surface area contributed by atoms with Crippen LogP contribution in [0.25, 0.3) is 0 Å². The number of ether oxygens (including phenoxy) is 1. The Kier molecular flexibility index (Phi) is 56.3. The van der Waals surface area contributed by atoms with E-state index in [2.05, 4.69) is 71.7 Å². The minimum atomic E-state index is -3.97. The van der Waals surface area contributed by atoms with Gasteiger partial charge in [0.2, 0.25) is 6.33 Å². The second-order valence-corrected chi connectivity index (χ2v) is 39.3. The number of unbranched alkanes of at least 4 members (excludes halogenated alkanes) is 11. The van der Waals surface area contributed by atoms with Crippen molar-refractivity contribution in [3.63, 3.8) is 0 Å². The van der Waals surface area contributed by atoms with Crippen molar-refractivity contribution >= 4 is 107 Å². The van der Waals surface area contributed by atoms with Crippen molar-refractivity contribution in [2.24, 2.45) is 11.1 Å². The molecule has 4 aromatic rings. The second kappa shape index (κ2) is 59.8. The maximum Gasteiger partial charge on any atom is 0.323 e. The van der Waals surface area contributed by atoms with E-state index >= 15 is 0 Å². The minimum absolute atomic E-state index is 0.0625. The van der Waals surface area contributed by atoms with Gasteiger partial charge in [-0.15, -0.1) is 0 Å². The first kappa shape index (κ1) is 107. The smallest absolute Gasteiger partial charge is 0.323 e. The first-order valence-electron chi connectivity index (χ1n) is 39.1. The number of benzene rings is 2. The van der Waals surface area contributed by atoms with Crippen LogP contribution in [0.15, 0.2) is 79.9 Å². The summed E-state index contributed by atoms with van der Waals surface area (Å²) < 4.78 is 190. The van der Waals surface area contributed by atoms with Crippen molar-refractivity contribution < 1.29 is 117 Å². The lowest BCUT2D eigenvalue weighted by Crippen LogP contribution is -2.43. The first-order chi connectivity index (χ1) is 53.6. The number of hydrogen-bond acceptors (Lipinski definition) is 22. The molecule has 114 heavy (non-hydrogen) atoms. The number of nitrogens with two attached hydrogens (primary N) is 1. The van der Waals surface area contributed by atoms with Crippen molar-refractivity contribution in [2.45, 2.75) is 238 Å². The Hall–Kier alpha value is -4.78. The third-order valence-corrected chi connectivity index (χ3v) is 24.2. The number of imidazole rings is 2. The normalized spacial score (nSPS) is 14.3. The van der Waals surface area contributed by atoms with Gasteiger partial charge in [-0.1, -0.05) is 128 Å². The predicted octanol–water partition coefficient (Wildman–Crippen LogP) is 7.46. The number of quaternary nitrogens is 1. The van der Waals surface area contributed by atoms with Gasteiger partial charge in [0, 0.05) is 54.0 Å². The SMILES string of the molecule is CCCCCCCCCCCCCC1(CCCS(=O)(=O)O)CCCCC1.COC(=O)[C@@H](Cc1ccc(I)cc1)NCCCS(=O)(=O)O.NCCCCC(NCCCS(=O)(=O)O)C(=O)O.O=C(O)CNCCCS(=O)(=O)O.O=S(=O)(O)CCCn1cc[n+](CCCn2ccnc2)c1.[NH3+]c1cccc2c1CCN(CCCS(=O)(=O)O)C2. The molecular weight excluding hydrogens is 1720 g/mol. The van der Waals surface area contributed by atoms with Crippen LogP contribution < -0.4 is 32.0 Å². The number of esters is 1. The topological polar surface area (TPSA) is 547 Å².